The first-order chi connectivity index (χ1) is 10.0. The van der Waals surface area contributed by atoms with Crippen molar-refractivity contribution in [3.8, 4) is 0 Å². The molecule has 1 aromatic carbocycles. The number of benzene rings is 1. The zero-order valence-electron chi connectivity index (χ0n) is 11.8. The van der Waals surface area contributed by atoms with Crippen LogP contribution in [0.2, 0.25) is 5.02 Å². The number of piperidine rings is 1. The van der Waals surface area contributed by atoms with Crippen LogP contribution in [0, 0.1) is 10.1 Å². The van der Waals surface area contributed by atoms with Gasteiger partial charge >= 0.3 is 5.69 Å². The molecule has 1 aliphatic heterocycles. The lowest BCUT2D eigenvalue weighted by molar-refractivity contribution is -0.385. The molecule has 1 N–H and O–H groups in total. The molecule has 0 atom stereocenters. The van der Waals surface area contributed by atoms with Crippen molar-refractivity contribution in [1.82, 2.24) is 10.2 Å². The predicted molar refractivity (Wildman–Crippen MR) is 80.7 cm³/mol. The lowest BCUT2D eigenvalue weighted by atomic mass is 10.0. The van der Waals surface area contributed by atoms with Gasteiger partial charge in [-0.25, -0.2) is 0 Å². The number of likely N-dealkylation sites (tertiary alicyclic amines) is 1. The predicted octanol–water partition coefficient (Wildman–Crippen LogP) is 2.46. The molecule has 6 nitrogen and oxygen atoms in total. The lowest BCUT2D eigenvalue weighted by Crippen LogP contribution is -2.44. The highest BCUT2D eigenvalue weighted by Crippen LogP contribution is 2.28. The van der Waals surface area contributed by atoms with E-state index in [-0.39, 0.29) is 22.3 Å². The van der Waals surface area contributed by atoms with Gasteiger partial charge in [-0.1, -0.05) is 24.6 Å². The number of nitro benzene ring substituents is 1. The second kappa shape index (κ2) is 6.87. The summed E-state index contributed by atoms with van der Waals surface area (Å²) >= 11 is 5.82. The van der Waals surface area contributed by atoms with Crippen molar-refractivity contribution < 1.29 is 9.72 Å². The molecule has 0 aliphatic carbocycles. The van der Waals surface area contributed by atoms with E-state index in [2.05, 4.69) is 17.1 Å². The molecular weight excluding hydrogens is 294 g/mol. The number of nitro groups is 1. The minimum Gasteiger partial charge on any atom is -0.349 e. The van der Waals surface area contributed by atoms with Crippen molar-refractivity contribution in [2.45, 2.75) is 25.8 Å². The van der Waals surface area contributed by atoms with Gasteiger partial charge in [0.25, 0.3) is 5.91 Å². The highest BCUT2D eigenvalue weighted by atomic mass is 35.5. The maximum absolute atomic E-state index is 12.3. The minimum atomic E-state index is -0.614. The molecule has 0 unspecified atom stereocenters. The summed E-state index contributed by atoms with van der Waals surface area (Å²) < 4.78 is 0. The second-order valence-electron chi connectivity index (χ2n) is 5.08. The van der Waals surface area contributed by atoms with Gasteiger partial charge in [-0.15, -0.1) is 0 Å². The quantitative estimate of drug-likeness (QED) is 0.684. The summed E-state index contributed by atoms with van der Waals surface area (Å²) in [5, 5.41) is 13.9. The van der Waals surface area contributed by atoms with Gasteiger partial charge in [0.05, 0.1) is 4.92 Å². The van der Waals surface area contributed by atoms with Crippen molar-refractivity contribution in [1.29, 1.82) is 0 Å². The van der Waals surface area contributed by atoms with E-state index in [9.17, 15) is 14.9 Å². The molecule has 2 rings (SSSR count). The topological polar surface area (TPSA) is 75.5 Å². The van der Waals surface area contributed by atoms with Crippen molar-refractivity contribution in [2.75, 3.05) is 19.6 Å². The van der Waals surface area contributed by atoms with E-state index in [1.165, 1.54) is 12.1 Å². The Kier molecular flexibility index (Phi) is 5.14. The monoisotopic (exact) mass is 311 g/mol. The molecule has 1 heterocycles. The number of hydrogen-bond acceptors (Lipinski definition) is 4. The fourth-order valence-corrected chi connectivity index (χ4v) is 2.78. The Morgan fingerprint density at radius 3 is 2.71 bits per heavy atom. The van der Waals surface area contributed by atoms with Crippen molar-refractivity contribution in [3.05, 3.63) is 38.9 Å². The molecule has 1 aliphatic rings. The van der Waals surface area contributed by atoms with Gasteiger partial charge in [-0.2, -0.15) is 0 Å². The van der Waals surface area contributed by atoms with Gasteiger partial charge < -0.3 is 10.2 Å². The maximum atomic E-state index is 12.3. The van der Waals surface area contributed by atoms with E-state index in [1.54, 1.807) is 6.07 Å². The molecule has 21 heavy (non-hydrogen) atoms. The summed E-state index contributed by atoms with van der Waals surface area (Å²) in [6, 6.07) is 4.44. The third-order valence-corrected chi connectivity index (χ3v) is 4.09. The Morgan fingerprint density at radius 1 is 1.48 bits per heavy atom. The van der Waals surface area contributed by atoms with Gasteiger partial charge in [0.15, 0.2) is 0 Å². The lowest BCUT2D eigenvalue weighted by Gasteiger charge is -2.31. The first kappa shape index (κ1) is 15.7. The zero-order chi connectivity index (χ0) is 15.4. The summed E-state index contributed by atoms with van der Waals surface area (Å²) in [5.74, 6) is -0.431. The average Bonchev–Trinajstić information content (AvgIpc) is 2.47. The third-order valence-electron chi connectivity index (χ3n) is 3.78. The standard InChI is InChI=1S/C14H18ClN3O3/c1-2-17-8-6-10(7-9-17)16-14(19)11-4-3-5-12(15)13(11)18(20)21/h3-5,10H,2,6-9H2,1H3,(H,16,19). The fourth-order valence-electron chi connectivity index (χ4n) is 2.54. The van der Waals surface area contributed by atoms with Crippen LogP contribution in [0.4, 0.5) is 5.69 Å². The number of amides is 1. The number of rotatable bonds is 4. The highest BCUT2D eigenvalue weighted by molar-refractivity contribution is 6.33. The minimum absolute atomic E-state index is 0.0189. The van der Waals surface area contributed by atoms with Gasteiger partial charge in [0, 0.05) is 19.1 Å². The van der Waals surface area contributed by atoms with Crippen LogP contribution in [0.5, 0.6) is 0 Å². The van der Waals surface area contributed by atoms with Gasteiger partial charge in [0.1, 0.15) is 10.6 Å². The van der Waals surface area contributed by atoms with E-state index in [0.29, 0.717) is 0 Å². The smallest absolute Gasteiger partial charge is 0.300 e. The maximum Gasteiger partial charge on any atom is 0.300 e. The number of nitrogens with zero attached hydrogens (tertiary/aromatic N) is 2. The van der Waals surface area contributed by atoms with E-state index < -0.39 is 10.8 Å². The first-order valence-corrected chi connectivity index (χ1v) is 7.36. The van der Waals surface area contributed by atoms with Crippen LogP contribution in [-0.2, 0) is 0 Å². The normalized spacial score (nSPS) is 16.7. The Morgan fingerprint density at radius 2 is 2.14 bits per heavy atom. The van der Waals surface area contributed by atoms with E-state index >= 15 is 0 Å². The highest BCUT2D eigenvalue weighted by Gasteiger charge is 2.26. The largest absolute Gasteiger partial charge is 0.349 e. The summed E-state index contributed by atoms with van der Waals surface area (Å²) in [7, 11) is 0. The van der Waals surface area contributed by atoms with E-state index in [4.69, 9.17) is 11.6 Å². The number of halogens is 1. The van der Waals surface area contributed by atoms with Gasteiger partial charge in [-0.05, 0) is 31.5 Å². The number of carbonyl (C=O) groups is 1. The van der Waals surface area contributed by atoms with Gasteiger partial charge in [0.2, 0.25) is 0 Å². The molecule has 0 radical (unpaired) electrons. The number of hydrogen-bond donors (Lipinski definition) is 1. The summed E-state index contributed by atoms with van der Waals surface area (Å²) in [5.41, 5.74) is -0.312. The molecule has 7 heteroatoms. The molecule has 1 saturated heterocycles. The van der Waals surface area contributed by atoms with Crippen molar-refractivity contribution in [2.24, 2.45) is 0 Å². The third kappa shape index (κ3) is 3.71. The Labute approximate surface area is 128 Å². The number of nitrogens with one attached hydrogen (secondary N) is 1. The van der Waals surface area contributed by atoms with Crippen LogP contribution in [0.1, 0.15) is 30.1 Å². The molecule has 0 bridgehead atoms. The first-order valence-electron chi connectivity index (χ1n) is 6.99. The van der Waals surface area contributed by atoms with Crippen LogP contribution in [0.3, 0.4) is 0 Å². The second-order valence-corrected chi connectivity index (χ2v) is 5.48. The average molecular weight is 312 g/mol. The molecular formula is C14H18ClN3O3. The molecule has 1 aromatic rings. The molecule has 0 aromatic heterocycles. The number of carbonyl (C=O) groups excluding carboxylic acids is 1. The molecule has 0 spiro atoms. The van der Waals surface area contributed by atoms with E-state index in [1.807, 2.05) is 0 Å². The van der Waals surface area contributed by atoms with Crippen LogP contribution < -0.4 is 5.32 Å². The van der Waals surface area contributed by atoms with Crippen LogP contribution >= 0.6 is 11.6 Å². The van der Waals surface area contributed by atoms with Crippen LogP contribution in [0.15, 0.2) is 18.2 Å². The zero-order valence-corrected chi connectivity index (χ0v) is 12.6. The van der Waals surface area contributed by atoms with Crippen molar-refractivity contribution in [3.63, 3.8) is 0 Å². The van der Waals surface area contributed by atoms with E-state index in [0.717, 1.165) is 32.5 Å². The van der Waals surface area contributed by atoms with Crippen LogP contribution in [-0.4, -0.2) is 41.4 Å². The molecule has 114 valence electrons. The van der Waals surface area contributed by atoms with Crippen LogP contribution in [0.25, 0.3) is 0 Å². The fraction of sp³-hybridized carbons (Fsp3) is 0.500. The van der Waals surface area contributed by atoms with Crippen molar-refractivity contribution >= 4 is 23.2 Å². The summed E-state index contributed by atoms with van der Waals surface area (Å²) in [6.07, 6.45) is 1.71. The summed E-state index contributed by atoms with van der Waals surface area (Å²) in [6.45, 7) is 4.97. The Hall–Kier alpha value is -1.66. The SMILES string of the molecule is CCN1CCC(NC(=O)c2cccc(Cl)c2[N+](=O)[O-])CC1. The van der Waals surface area contributed by atoms with Gasteiger partial charge in [-0.3, -0.25) is 14.9 Å². The summed E-state index contributed by atoms with van der Waals surface area (Å²) in [4.78, 5) is 25.0. The molecule has 0 saturated carbocycles. The Bertz CT molecular complexity index is 542. The molecule has 1 amide bonds. The number of para-hydroxylation sites is 1. The molecule has 1 fully saturated rings. The Balaban J connectivity index is 2.08.